The van der Waals surface area contributed by atoms with Crippen LogP contribution in [0.15, 0.2) is 6.20 Å². The van der Waals surface area contributed by atoms with Crippen molar-refractivity contribution in [1.29, 1.82) is 0 Å². The lowest BCUT2D eigenvalue weighted by Crippen LogP contribution is -2.32. The van der Waals surface area contributed by atoms with Gasteiger partial charge < -0.3 is 5.32 Å². The third-order valence-electron chi connectivity index (χ3n) is 2.91. The minimum atomic E-state index is 0.0643. The summed E-state index contributed by atoms with van der Waals surface area (Å²) < 4.78 is 1.51. The van der Waals surface area contributed by atoms with Crippen molar-refractivity contribution >= 4 is 5.78 Å². The van der Waals surface area contributed by atoms with E-state index in [2.05, 4.69) is 15.6 Å². The van der Waals surface area contributed by atoms with E-state index in [0.29, 0.717) is 18.3 Å². The standard InChI is InChI=1S/C10H16N4O/c1-14-9(6-12-13-14)10(15)7-11-8-4-2-3-5-8/h6,8,11H,2-5,7H2,1H3. The van der Waals surface area contributed by atoms with Gasteiger partial charge in [-0.3, -0.25) is 4.79 Å². The molecule has 82 valence electrons. The molecule has 0 saturated heterocycles. The van der Waals surface area contributed by atoms with Crippen molar-refractivity contribution < 1.29 is 4.79 Å². The van der Waals surface area contributed by atoms with Gasteiger partial charge in [-0.2, -0.15) is 0 Å². The molecule has 2 rings (SSSR count). The van der Waals surface area contributed by atoms with E-state index in [0.717, 1.165) is 0 Å². The smallest absolute Gasteiger partial charge is 0.196 e. The van der Waals surface area contributed by atoms with E-state index in [1.54, 1.807) is 7.05 Å². The van der Waals surface area contributed by atoms with Gasteiger partial charge in [0.1, 0.15) is 5.69 Å². The van der Waals surface area contributed by atoms with Gasteiger partial charge in [0, 0.05) is 13.1 Å². The van der Waals surface area contributed by atoms with Crippen LogP contribution in [0.1, 0.15) is 36.2 Å². The second-order valence-electron chi connectivity index (χ2n) is 4.03. The molecule has 1 aliphatic rings. The Kier molecular flexibility index (Phi) is 3.11. The Hall–Kier alpha value is -1.23. The molecule has 1 aromatic heterocycles. The van der Waals surface area contributed by atoms with Gasteiger partial charge in [0.05, 0.1) is 12.7 Å². The van der Waals surface area contributed by atoms with Gasteiger partial charge in [0.25, 0.3) is 0 Å². The maximum atomic E-state index is 11.7. The highest BCUT2D eigenvalue weighted by atomic mass is 16.1. The first-order valence-electron chi connectivity index (χ1n) is 5.38. The number of nitrogens with one attached hydrogen (secondary N) is 1. The average molecular weight is 208 g/mol. The molecule has 0 aromatic carbocycles. The number of aryl methyl sites for hydroxylation is 1. The summed E-state index contributed by atoms with van der Waals surface area (Å²) in [5.74, 6) is 0.0643. The lowest BCUT2D eigenvalue weighted by molar-refractivity contribution is 0.0978. The van der Waals surface area contributed by atoms with Crippen LogP contribution in [0, 0.1) is 0 Å². The molecule has 0 atom stereocenters. The molecule has 1 fully saturated rings. The molecule has 1 heterocycles. The fraction of sp³-hybridized carbons (Fsp3) is 0.700. The molecule has 15 heavy (non-hydrogen) atoms. The van der Waals surface area contributed by atoms with Gasteiger partial charge in [-0.25, -0.2) is 4.68 Å². The van der Waals surface area contributed by atoms with Crippen molar-refractivity contribution in [3.8, 4) is 0 Å². The molecule has 0 amide bonds. The Morgan fingerprint density at radius 2 is 2.33 bits per heavy atom. The summed E-state index contributed by atoms with van der Waals surface area (Å²) in [7, 11) is 1.73. The number of carbonyl (C=O) groups is 1. The van der Waals surface area contributed by atoms with Crippen molar-refractivity contribution in [2.24, 2.45) is 7.05 Å². The molecule has 0 bridgehead atoms. The second-order valence-corrected chi connectivity index (χ2v) is 4.03. The van der Waals surface area contributed by atoms with Gasteiger partial charge in [-0.05, 0) is 12.8 Å². The quantitative estimate of drug-likeness (QED) is 0.733. The molecule has 5 heteroatoms. The fourth-order valence-corrected chi connectivity index (χ4v) is 2.00. The first kappa shape index (κ1) is 10.3. The van der Waals surface area contributed by atoms with E-state index in [9.17, 15) is 4.79 Å². The lowest BCUT2D eigenvalue weighted by atomic mass is 10.2. The van der Waals surface area contributed by atoms with E-state index >= 15 is 0 Å². The SMILES string of the molecule is Cn1nncc1C(=O)CNC1CCCC1. The van der Waals surface area contributed by atoms with Crippen LogP contribution in [0.4, 0.5) is 0 Å². The van der Waals surface area contributed by atoms with Crippen molar-refractivity contribution in [3.05, 3.63) is 11.9 Å². The molecule has 0 unspecified atom stereocenters. The van der Waals surface area contributed by atoms with Gasteiger partial charge in [0.2, 0.25) is 0 Å². The predicted molar refractivity (Wildman–Crippen MR) is 55.6 cm³/mol. The molecular formula is C10H16N4O. The monoisotopic (exact) mass is 208 g/mol. The molecule has 1 aliphatic carbocycles. The van der Waals surface area contributed by atoms with Crippen LogP contribution in [-0.4, -0.2) is 33.4 Å². The number of hydrogen-bond acceptors (Lipinski definition) is 4. The Balaban J connectivity index is 1.84. The van der Waals surface area contributed by atoms with Gasteiger partial charge in [-0.1, -0.05) is 18.1 Å². The van der Waals surface area contributed by atoms with Crippen molar-refractivity contribution in [2.45, 2.75) is 31.7 Å². The van der Waals surface area contributed by atoms with Crippen LogP contribution in [0.25, 0.3) is 0 Å². The summed E-state index contributed by atoms with van der Waals surface area (Å²) in [4.78, 5) is 11.7. The number of Topliss-reactive ketones (excluding diaryl/α,β-unsaturated/α-hetero) is 1. The Bertz CT molecular complexity index is 341. The van der Waals surface area contributed by atoms with E-state index < -0.39 is 0 Å². The molecule has 0 aliphatic heterocycles. The van der Waals surface area contributed by atoms with Gasteiger partial charge in [-0.15, -0.1) is 5.10 Å². The molecule has 1 aromatic rings. The topological polar surface area (TPSA) is 59.8 Å². The first-order valence-corrected chi connectivity index (χ1v) is 5.38. The molecule has 5 nitrogen and oxygen atoms in total. The highest BCUT2D eigenvalue weighted by molar-refractivity contribution is 5.95. The van der Waals surface area contributed by atoms with Crippen LogP contribution in [0.5, 0.6) is 0 Å². The zero-order chi connectivity index (χ0) is 10.7. The molecule has 1 N–H and O–H groups in total. The summed E-state index contributed by atoms with van der Waals surface area (Å²) in [6.45, 7) is 0.395. The van der Waals surface area contributed by atoms with E-state index in [-0.39, 0.29) is 5.78 Å². The van der Waals surface area contributed by atoms with Crippen LogP contribution in [0.2, 0.25) is 0 Å². The second kappa shape index (κ2) is 4.53. The van der Waals surface area contributed by atoms with Crippen molar-refractivity contribution in [1.82, 2.24) is 20.3 Å². The number of rotatable bonds is 4. The van der Waals surface area contributed by atoms with Crippen LogP contribution in [0.3, 0.4) is 0 Å². The van der Waals surface area contributed by atoms with Crippen LogP contribution < -0.4 is 5.32 Å². The highest BCUT2D eigenvalue weighted by Gasteiger charge is 2.17. The zero-order valence-electron chi connectivity index (χ0n) is 8.94. The van der Waals surface area contributed by atoms with E-state index in [1.165, 1.54) is 36.6 Å². The summed E-state index contributed by atoms with van der Waals surface area (Å²) in [5, 5.41) is 10.7. The number of nitrogens with zero attached hydrogens (tertiary/aromatic N) is 3. The largest absolute Gasteiger partial charge is 0.307 e. The Morgan fingerprint density at radius 3 is 2.93 bits per heavy atom. The van der Waals surface area contributed by atoms with Crippen LogP contribution >= 0.6 is 0 Å². The van der Waals surface area contributed by atoms with Crippen molar-refractivity contribution in [3.63, 3.8) is 0 Å². The Morgan fingerprint density at radius 1 is 1.60 bits per heavy atom. The maximum Gasteiger partial charge on any atom is 0.196 e. The minimum absolute atomic E-state index is 0.0643. The number of ketones is 1. The molecular weight excluding hydrogens is 192 g/mol. The predicted octanol–water partition coefficient (Wildman–Crippen LogP) is 0.530. The summed E-state index contributed by atoms with van der Waals surface area (Å²) in [5.41, 5.74) is 0.570. The summed E-state index contributed by atoms with van der Waals surface area (Å²) in [6.07, 6.45) is 6.45. The molecule has 1 saturated carbocycles. The molecule has 0 spiro atoms. The van der Waals surface area contributed by atoms with Gasteiger partial charge in [0.15, 0.2) is 5.78 Å². The third-order valence-corrected chi connectivity index (χ3v) is 2.91. The highest BCUT2D eigenvalue weighted by Crippen LogP contribution is 2.17. The summed E-state index contributed by atoms with van der Waals surface area (Å²) in [6, 6.07) is 0.523. The zero-order valence-corrected chi connectivity index (χ0v) is 8.94. The fourth-order valence-electron chi connectivity index (χ4n) is 2.00. The van der Waals surface area contributed by atoms with Crippen molar-refractivity contribution in [2.75, 3.05) is 6.54 Å². The van der Waals surface area contributed by atoms with Crippen LogP contribution in [-0.2, 0) is 7.05 Å². The lowest BCUT2D eigenvalue weighted by Gasteiger charge is -2.10. The number of aromatic nitrogens is 3. The summed E-state index contributed by atoms with van der Waals surface area (Å²) >= 11 is 0. The number of hydrogen-bond donors (Lipinski definition) is 1. The third kappa shape index (κ3) is 2.41. The number of carbonyl (C=O) groups excluding carboxylic acids is 1. The van der Waals surface area contributed by atoms with E-state index in [4.69, 9.17) is 0 Å². The van der Waals surface area contributed by atoms with E-state index in [1.807, 2.05) is 0 Å². The average Bonchev–Trinajstić information content (AvgIpc) is 2.84. The van der Waals surface area contributed by atoms with Gasteiger partial charge >= 0.3 is 0 Å². The first-order chi connectivity index (χ1) is 7.27. The normalized spacial score (nSPS) is 17.1. The minimum Gasteiger partial charge on any atom is -0.307 e. The maximum absolute atomic E-state index is 11.7. The Labute approximate surface area is 88.9 Å². The molecule has 0 radical (unpaired) electrons.